The number of H-pyrrole nitrogens is 1. The molecule has 1 aromatic carbocycles. The topological polar surface area (TPSA) is 65.1 Å². The molecule has 4 heteroatoms. The van der Waals surface area contributed by atoms with E-state index >= 15 is 0 Å². The summed E-state index contributed by atoms with van der Waals surface area (Å²) in [5, 5.41) is 9.48. The molecule has 1 heterocycles. The molecule has 15 heavy (non-hydrogen) atoms. The SMILES string of the molecule is O=C(CCc1cc2ccccc2[nH]1)NO. The zero-order chi connectivity index (χ0) is 10.7. The molecule has 78 valence electrons. The summed E-state index contributed by atoms with van der Waals surface area (Å²) in [7, 11) is 0. The van der Waals surface area contributed by atoms with Gasteiger partial charge in [-0.05, 0) is 23.9 Å². The molecule has 0 spiro atoms. The Morgan fingerprint density at radius 3 is 2.93 bits per heavy atom. The van der Waals surface area contributed by atoms with Gasteiger partial charge in [0.15, 0.2) is 0 Å². The van der Waals surface area contributed by atoms with Crippen LogP contribution in [-0.2, 0) is 11.2 Å². The van der Waals surface area contributed by atoms with Crippen molar-refractivity contribution in [2.75, 3.05) is 0 Å². The van der Waals surface area contributed by atoms with Crippen LogP contribution in [-0.4, -0.2) is 16.1 Å². The average Bonchev–Trinajstić information content (AvgIpc) is 2.68. The number of benzene rings is 1. The minimum Gasteiger partial charge on any atom is -0.358 e. The molecule has 3 N–H and O–H groups in total. The van der Waals surface area contributed by atoms with E-state index in [4.69, 9.17) is 5.21 Å². The van der Waals surface area contributed by atoms with E-state index in [9.17, 15) is 4.79 Å². The number of nitrogens with one attached hydrogen (secondary N) is 2. The smallest absolute Gasteiger partial charge is 0.243 e. The number of aryl methyl sites for hydroxylation is 1. The Bertz CT molecular complexity index is 443. The predicted octanol–water partition coefficient (Wildman–Crippen LogP) is 1.61. The highest BCUT2D eigenvalue weighted by Gasteiger charge is 2.03. The molecule has 1 amide bonds. The van der Waals surface area contributed by atoms with Crippen LogP contribution >= 0.6 is 0 Å². The second kappa shape index (κ2) is 4.14. The van der Waals surface area contributed by atoms with Crippen molar-refractivity contribution in [3.05, 3.63) is 36.0 Å². The van der Waals surface area contributed by atoms with Gasteiger partial charge in [0.2, 0.25) is 5.91 Å². The fourth-order valence-electron chi connectivity index (χ4n) is 1.57. The summed E-state index contributed by atoms with van der Waals surface area (Å²) in [5.74, 6) is -0.367. The minimum atomic E-state index is -0.367. The number of hydroxylamine groups is 1. The van der Waals surface area contributed by atoms with Gasteiger partial charge in [-0.15, -0.1) is 0 Å². The van der Waals surface area contributed by atoms with Crippen molar-refractivity contribution >= 4 is 16.8 Å². The van der Waals surface area contributed by atoms with E-state index in [0.717, 1.165) is 16.6 Å². The highest BCUT2D eigenvalue weighted by Crippen LogP contribution is 2.15. The van der Waals surface area contributed by atoms with E-state index in [0.29, 0.717) is 6.42 Å². The van der Waals surface area contributed by atoms with Crippen molar-refractivity contribution in [1.29, 1.82) is 0 Å². The number of hydrogen-bond acceptors (Lipinski definition) is 2. The third-order valence-electron chi connectivity index (χ3n) is 2.33. The summed E-state index contributed by atoms with van der Waals surface area (Å²) >= 11 is 0. The lowest BCUT2D eigenvalue weighted by atomic mass is 10.2. The number of aromatic amines is 1. The molecule has 4 nitrogen and oxygen atoms in total. The van der Waals surface area contributed by atoms with Gasteiger partial charge in [-0.3, -0.25) is 10.0 Å². The second-order valence-corrected chi connectivity index (χ2v) is 3.42. The maximum Gasteiger partial charge on any atom is 0.243 e. The van der Waals surface area contributed by atoms with E-state index in [-0.39, 0.29) is 12.3 Å². The first-order chi connectivity index (χ1) is 7.29. The molecule has 1 aromatic heterocycles. The number of carbonyl (C=O) groups excluding carboxylic acids is 1. The summed E-state index contributed by atoms with van der Waals surface area (Å²) in [5.41, 5.74) is 3.68. The number of hydrogen-bond donors (Lipinski definition) is 3. The number of amides is 1. The first kappa shape index (κ1) is 9.73. The number of para-hydroxylation sites is 1. The predicted molar refractivity (Wildman–Crippen MR) is 56.5 cm³/mol. The largest absolute Gasteiger partial charge is 0.358 e. The molecule has 2 aromatic rings. The summed E-state index contributed by atoms with van der Waals surface area (Å²) in [4.78, 5) is 14.0. The third-order valence-corrected chi connectivity index (χ3v) is 2.33. The Morgan fingerprint density at radius 2 is 2.20 bits per heavy atom. The van der Waals surface area contributed by atoms with Crippen LogP contribution < -0.4 is 5.48 Å². The zero-order valence-electron chi connectivity index (χ0n) is 8.16. The number of rotatable bonds is 3. The first-order valence-corrected chi connectivity index (χ1v) is 4.79. The Hall–Kier alpha value is -1.81. The Morgan fingerprint density at radius 1 is 1.40 bits per heavy atom. The van der Waals surface area contributed by atoms with Crippen LogP contribution in [0.1, 0.15) is 12.1 Å². The van der Waals surface area contributed by atoms with Gasteiger partial charge in [-0.1, -0.05) is 18.2 Å². The van der Waals surface area contributed by atoms with Crippen LogP contribution in [0.3, 0.4) is 0 Å². The van der Waals surface area contributed by atoms with Crippen LogP contribution in [0.15, 0.2) is 30.3 Å². The van der Waals surface area contributed by atoms with Gasteiger partial charge >= 0.3 is 0 Å². The van der Waals surface area contributed by atoms with E-state index in [1.54, 1.807) is 5.48 Å². The van der Waals surface area contributed by atoms with Crippen LogP contribution in [0.25, 0.3) is 10.9 Å². The molecular formula is C11H12N2O2. The minimum absolute atomic E-state index is 0.281. The molecule has 0 atom stereocenters. The van der Waals surface area contributed by atoms with E-state index in [2.05, 4.69) is 4.98 Å². The summed E-state index contributed by atoms with van der Waals surface area (Å²) in [6, 6.07) is 9.95. The van der Waals surface area contributed by atoms with Gasteiger partial charge in [0.1, 0.15) is 0 Å². The highest BCUT2D eigenvalue weighted by atomic mass is 16.5. The lowest BCUT2D eigenvalue weighted by molar-refractivity contribution is -0.129. The van der Waals surface area contributed by atoms with Crippen molar-refractivity contribution in [3.63, 3.8) is 0 Å². The summed E-state index contributed by atoms with van der Waals surface area (Å²) in [6.45, 7) is 0. The van der Waals surface area contributed by atoms with E-state index < -0.39 is 0 Å². The molecular weight excluding hydrogens is 192 g/mol. The van der Waals surface area contributed by atoms with Crippen molar-refractivity contribution < 1.29 is 10.0 Å². The van der Waals surface area contributed by atoms with Gasteiger partial charge in [0, 0.05) is 17.6 Å². The molecule has 0 aliphatic carbocycles. The number of fused-ring (bicyclic) bond motifs is 1. The van der Waals surface area contributed by atoms with E-state index in [1.807, 2.05) is 30.3 Å². The van der Waals surface area contributed by atoms with Crippen LogP contribution in [0, 0.1) is 0 Å². The first-order valence-electron chi connectivity index (χ1n) is 4.79. The van der Waals surface area contributed by atoms with Crippen LogP contribution in [0.4, 0.5) is 0 Å². The fraction of sp³-hybridized carbons (Fsp3) is 0.182. The normalized spacial score (nSPS) is 10.5. The molecule has 0 unspecified atom stereocenters. The van der Waals surface area contributed by atoms with Gasteiger partial charge < -0.3 is 4.98 Å². The molecule has 0 saturated heterocycles. The van der Waals surface area contributed by atoms with Crippen molar-refractivity contribution in [2.24, 2.45) is 0 Å². The zero-order valence-corrected chi connectivity index (χ0v) is 8.16. The number of aromatic nitrogens is 1. The molecule has 0 aliphatic heterocycles. The second-order valence-electron chi connectivity index (χ2n) is 3.42. The van der Waals surface area contributed by atoms with Crippen molar-refractivity contribution in [2.45, 2.75) is 12.8 Å². The highest BCUT2D eigenvalue weighted by molar-refractivity contribution is 5.80. The lowest BCUT2D eigenvalue weighted by Gasteiger charge is -1.95. The molecule has 0 fully saturated rings. The van der Waals surface area contributed by atoms with Crippen LogP contribution in [0.5, 0.6) is 0 Å². The monoisotopic (exact) mass is 204 g/mol. The van der Waals surface area contributed by atoms with E-state index in [1.165, 1.54) is 0 Å². The molecule has 2 rings (SSSR count). The number of carbonyl (C=O) groups is 1. The Balaban J connectivity index is 2.12. The van der Waals surface area contributed by atoms with Gasteiger partial charge in [0.25, 0.3) is 0 Å². The summed E-state index contributed by atoms with van der Waals surface area (Å²) in [6.07, 6.45) is 0.879. The lowest BCUT2D eigenvalue weighted by Crippen LogP contribution is -2.18. The van der Waals surface area contributed by atoms with Gasteiger partial charge in [-0.25, -0.2) is 5.48 Å². The molecule has 0 saturated carbocycles. The molecule has 0 aliphatic rings. The maximum absolute atomic E-state index is 10.8. The quantitative estimate of drug-likeness (QED) is 0.525. The van der Waals surface area contributed by atoms with Crippen molar-refractivity contribution in [1.82, 2.24) is 10.5 Å². The van der Waals surface area contributed by atoms with Gasteiger partial charge in [0.05, 0.1) is 0 Å². The Kier molecular flexibility index (Phi) is 2.69. The van der Waals surface area contributed by atoms with Crippen molar-refractivity contribution in [3.8, 4) is 0 Å². The molecule has 0 radical (unpaired) electrons. The Labute approximate surface area is 86.9 Å². The fourth-order valence-corrected chi connectivity index (χ4v) is 1.57. The standard InChI is InChI=1S/C11H12N2O2/c14-11(13-15)6-5-9-7-8-3-1-2-4-10(8)12-9/h1-4,7,12,15H,5-6H2,(H,13,14). The maximum atomic E-state index is 10.8. The van der Waals surface area contributed by atoms with Crippen LogP contribution in [0.2, 0.25) is 0 Å². The summed E-state index contributed by atoms with van der Waals surface area (Å²) < 4.78 is 0. The average molecular weight is 204 g/mol. The molecule has 0 bridgehead atoms. The van der Waals surface area contributed by atoms with Gasteiger partial charge in [-0.2, -0.15) is 0 Å². The third kappa shape index (κ3) is 2.16.